The number of hydrogen-bond acceptors (Lipinski definition) is 4. The maximum Gasteiger partial charge on any atom is 0.271 e. The lowest BCUT2D eigenvalue weighted by atomic mass is 10.1. The van der Waals surface area contributed by atoms with Crippen LogP contribution in [-0.2, 0) is 6.42 Å². The molecule has 0 saturated heterocycles. The number of hydrogen-bond donors (Lipinski definition) is 2. The van der Waals surface area contributed by atoms with Gasteiger partial charge in [0.05, 0.1) is 6.61 Å². The Morgan fingerprint density at radius 3 is 2.70 bits per heavy atom. The first-order chi connectivity index (χ1) is 11.2. The van der Waals surface area contributed by atoms with E-state index in [9.17, 15) is 4.79 Å². The van der Waals surface area contributed by atoms with Crippen molar-refractivity contribution in [2.45, 2.75) is 6.42 Å². The number of benzene rings is 2. The van der Waals surface area contributed by atoms with Crippen LogP contribution in [0.4, 0.5) is 0 Å². The molecule has 0 spiro atoms. The van der Waals surface area contributed by atoms with Crippen LogP contribution < -0.4 is 10.5 Å². The van der Waals surface area contributed by atoms with Gasteiger partial charge in [0.1, 0.15) is 11.4 Å². The van der Waals surface area contributed by atoms with Crippen LogP contribution >= 0.6 is 0 Å². The Bertz CT molecular complexity index is 799. The van der Waals surface area contributed by atoms with Gasteiger partial charge in [-0.1, -0.05) is 42.5 Å². The van der Waals surface area contributed by atoms with Crippen LogP contribution in [0.5, 0.6) is 5.75 Å². The number of carbonyl (C=O) groups is 1. The minimum atomic E-state index is -0.621. The van der Waals surface area contributed by atoms with Crippen LogP contribution in [0.25, 0.3) is 11.3 Å². The Morgan fingerprint density at radius 2 is 1.91 bits per heavy atom. The van der Waals surface area contributed by atoms with E-state index in [1.165, 1.54) is 5.56 Å². The smallest absolute Gasteiger partial charge is 0.271 e. The fourth-order valence-corrected chi connectivity index (χ4v) is 2.27. The Kier molecular flexibility index (Phi) is 4.33. The highest BCUT2D eigenvalue weighted by molar-refractivity contribution is 5.96. The fraction of sp³-hybridized carbons (Fsp3) is 0.118. The van der Waals surface area contributed by atoms with Crippen LogP contribution in [0.3, 0.4) is 0 Å². The molecule has 0 bridgehead atoms. The molecule has 1 heterocycles. The number of nitrogens with one attached hydrogen (secondary N) is 1. The predicted molar refractivity (Wildman–Crippen MR) is 86.0 cm³/mol. The summed E-state index contributed by atoms with van der Waals surface area (Å²) in [5, 5.41) is 10.2. The third-order valence-corrected chi connectivity index (χ3v) is 3.39. The van der Waals surface area contributed by atoms with Crippen molar-refractivity contribution in [3.8, 4) is 17.0 Å². The molecule has 1 aromatic heterocycles. The number of carbonyl (C=O) groups excluding carboxylic acids is 1. The molecular formula is C17H16N4O2. The van der Waals surface area contributed by atoms with Gasteiger partial charge in [0.2, 0.25) is 0 Å². The molecule has 116 valence electrons. The molecule has 3 aromatic rings. The van der Waals surface area contributed by atoms with Crippen LogP contribution in [0.2, 0.25) is 0 Å². The molecular weight excluding hydrogens is 292 g/mol. The Balaban J connectivity index is 1.70. The summed E-state index contributed by atoms with van der Waals surface area (Å²) >= 11 is 0. The summed E-state index contributed by atoms with van der Waals surface area (Å²) in [5.74, 6) is 0.0843. The third kappa shape index (κ3) is 3.55. The average Bonchev–Trinajstić information content (AvgIpc) is 3.06. The predicted octanol–water partition coefficient (Wildman–Crippen LogP) is 2.19. The zero-order valence-electron chi connectivity index (χ0n) is 12.4. The standard InChI is InChI=1S/C17H16N4O2/c18-17(22)16-15(19-21-20-16)13-7-4-8-14(11-13)23-10-9-12-5-2-1-3-6-12/h1-8,11H,9-10H2,(H2,18,22)(H,19,20,21). The maximum atomic E-state index is 11.3. The van der Waals surface area contributed by atoms with Crippen molar-refractivity contribution in [2.24, 2.45) is 5.73 Å². The number of aromatic nitrogens is 3. The average molecular weight is 308 g/mol. The highest BCUT2D eigenvalue weighted by atomic mass is 16.5. The van der Waals surface area contributed by atoms with Gasteiger partial charge in [0.15, 0.2) is 5.69 Å². The quantitative estimate of drug-likeness (QED) is 0.730. The summed E-state index contributed by atoms with van der Waals surface area (Å²) in [6.07, 6.45) is 0.821. The summed E-state index contributed by atoms with van der Waals surface area (Å²) < 4.78 is 5.77. The second-order valence-corrected chi connectivity index (χ2v) is 5.00. The molecule has 6 nitrogen and oxygen atoms in total. The van der Waals surface area contributed by atoms with E-state index in [1.807, 2.05) is 42.5 Å². The fourth-order valence-electron chi connectivity index (χ4n) is 2.27. The van der Waals surface area contributed by atoms with Gasteiger partial charge >= 0.3 is 0 Å². The molecule has 0 radical (unpaired) electrons. The first-order valence-electron chi connectivity index (χ1n) is 7.22. The number of nitrogens with two attached hydrogens (primary N) is 1. The Labute approximate surface area is 133 Å². The molecule has 6 heteroatoms. The van der Waals surface area contributed by atoms with Crippen molar-refractivity contribution in [1.82, 2.24) is 15.4 Å². The van der Waals surface area contributed by atoms with E-state index in [4.69, 9.17) is 10.5 Å². The lowest BCUT2D eigenvalue weighted by Crippen LogP contribution is -2.12. The van der Waals surface area contributed by atoms with Gasteiger partial charge in [-0.3, -0.25) is 4.79 Å². The van der Waals surface area contributed by atoms with E-state index < -0.39 is 5.91 Å². The van der Waals surface area contributed by atoms with Crippen molar-refractivity contribution in [3.63, 3.8) is 0 Å². The van der Waals surface area contributed by atoms with Crippen LogP contribution in [-0.4, -0.2) is 27.9 Å². The number of primary amides is 1. The summed E-state index contributed by atoms with van der Waals surface area (Å²) in [7, 11) is 0. The third-order valence-electron chi connectivity index (χ3n) is 3.39. The summed E-state index contributed by atoms with van der Waals surface area (Å²) in [5.41, 5.74) is 7.77. The van der Waals surface area contributed by atoms with Gasteiger partial charge < -0.3 is 10.5 Å². The van der Waals surface area contributed by atoms with Crippen molar-refractivity contribution >= 4 is 5.91 Å². The highest BCUT2D eigenvalue weighted by Crippen LogP contribution is 2.24. The monoisotopic (exact) mass is 308 g/mol. The topological polar surface area (TPSA) is 93.9 Å². The van der Waals surface area contributed by atoms with E-state index in [0.717, 1.165) is 12.0 Å². The molecule has 0 aliphatic heterocycles. The minimum Gasteiger partial charge on any atom is -0.493 e. The minimum absolute atomic E-state index is 0.117. The maximum absolute atomic E-state index is 11.3. The zero-order chi connectivity index (χ0) is 16.1. The van der Waals surface area contributed by atoms with Crippen molar-refractivity contribution in [3.05, 3.63) is 65.9 Å². The highest BCUT2D eigenvalue weighted by Gasteiger charge is 2.15. The molecule has 3 rings (SSSR count). The summed E-state index contributed by atoms with van der Waals surface area (Å²) in [6, 6.07) is 17.5. The van der Waals surface area contributed by atoms with Crippen LogP contribution in [0.1, 0.15) is 16.1 Å². The number of aromatic amines is 1. The molecule has 0 aliphatic rings. The zero-order valence-corrected chi connectivity index (χ0v) is 12.4. The molecule has 23 heavy (non-hydrogen) atoms. The van der Waals surface area contributed by atoms with Gasteiger partial charge in [-0.05, 0) is 17.7 Å². The molecule has 0 aliphatic carbocycles. The normalized spacial score (nSPS) is 10.4. The van der Waals surface area contributed by atoms with Crippen LogP contribution in [0, 0.1) is 0 Å². The first kappa shape index (κ1) is 14.8. The molecule has 0 fully saturated rings. The molecule has 0 atom stereocenters. The van der Waals surface area contributed by atoms with E-state index in [0.29, 0.717) is 18.1 Å². The molecule has 3 N–H and O–H groups in total. The van der Waals surface area contributed by atoms with Gasteiger partial charge in [-0.2, -0.15) is 15.4 Å². The molecule has 2 aromatic carbocycles. The number of nitrogens with zero attached hydrogens (tertiary/aromatic N) is 2. The van der Waals surface area contributed by atoms with Gasteiger partial charge in [-0.15, -0.1) is 0 Å². The van der Waals surface area contributed by atoms with Crippen molar-refractivity contribution < 1.29 is 9.53 Å². The lowest BCUT2D eigenvalue weighted by molar-refractivity contribution is 0.0996. The molecule has 0 unspecified atom stereocenters. The number of rotatable bonds is 6. The Hall–Kier alpha value is -3.15. The van der Waals surface area contributed by atoms with E-state index in [-0.39, 0.29) is 5.69 Å². The molecule has 1 amide bonds. The van der Waals surface area contributed by atoms with Crippen molar-refractivity contribution in [1.29, 1.82) is 0 Å². The summed E-state index contributed by atoms with van der Waals surface area (Å²) in [4.78, 5) is 11.3. The van der Waals surface area contributed by atoms with Crippen molar-refractivity contribution in [2.75, 3.05) is 6.61 Å². The van der Waals surface area contributed by atoms with E-state index >= 15 is 0 Å². The first-order valence-corrected chi connectivity index (χ1v) is 7.22. The second-order valence-electron chi connectivity index (χ2n) is 5.00. The van der Waals surface area contributed by atoms with Gasteiger partial charge in [0, 0.05) is 12.0 Å². The number of H-pyrrole nitrogens is 1. The molecule has 0 saturated carbocycles. The van der Waals surface area contributed by atoms with E-state index in [2.05, 4.69) is 27.5 Å². The van der Waals surface area contributed by atoms with Gasteiger partial charge in [0.25, 0.3) is 5.91 Å². The van der Waals surface area contributed by atoms with Crippen LogP contribution in [0.15, 0.2) is 54.6 Å². The number of amides is 1. The van der Waals surface area contributed by atoms with E-state index in [1.54, 1.807) is 0 Å². The second kappa shape index (κ2) is 6.74. The van der Waals surface area contributed by atoms with Gasteiger partial charge in [-0.25, -0.2) is 0 Å². The summed E-state index contributed by atoms with van der Waals surface area (Å²) in [6.45, 7) is 0.564. The Morgan fingerprint density at radius 1 is 1.09 bits per heavy atom. The SMILES string of the molecule is NC(=O)c1n[nH]nc1-c1cccc(OCCc2ccccc2)c1. The number of ether oxygens (including phenoxy) is 1. The lowest BCUT2D eigenvalue weighted by Gasteiger charge is -2.07. The largest absolute Gasteiger partial charge is 0.493 e.